The van der Waals surface area contributed by atoms with Crippen LogP contribution in [0.5, 0.6) is 0 Å². The molecule has 1 atom stereocenters. The number of aromatic nitrogens is 3. The van der Waals surface area contributed by atoms with Gasteiger partial charge in [-0.3, -0.25) is 4.79 Å². The maximum atomic E-state index is 12.2. The van der Waals surface area contributed by atoms with Gasteiger partial charge >= 0.3 is 0 Å². The van der Waals surface area contributed by atoms with Gasteiger partial charge in [-0.05, 0) is 36.2 Å². The van der Waals surface area contributed by atoms with Gasteiger partial charge in [-0.25, -0.2) is 9.67 Å². The summed E-state index contributed by atoms with van der Waals surface area (Å²) in [6.07, 6.45) is 3.40. The van der Waals surface area contributed by atoms with Gasteiger partial charge in [-0.1, -0.05) is 41.9 Å². The Hall–Kier alpha value is -2.66. The standard InChI is InChI=1S/C18H17ClN4O/c1-13(22-18(24)10-15-4-2-3-5-17(15)19)14-6-8-16(9-7-14)23-12-20-11-21-23/h2-9,11-13H,10H2,1H3,(H,22,24)/t13-/m1/s1. The van der Waals surface area contributed by atoms with Gasteiger partial charge in [0.15, 0.2) is 0 Å². The van der Waals surface area contributed by atoms with E-state index in [0.29, 0.717) is 5.02 Å². The zero-order valence-electron chi connectivity index (χ0n) is 13.2. The first-order chi connectivity index (χ1) is 11.6. The van der Waals surface area contributed by atoms with Gasteiger partial charge in [-0.15, -0.1) is 0 Å². The molecule has 122 valence electrons. The molecule has 0 fully saturated rings. The molecule has 0 aliphatic heterocycles. The molecule has 0 unspecified atom stereocenters. The largest absolute Gasteiger partial charge is 0.349 e. The Kier molecular flexibility index (Phi) is 4.91. The summed E-state index contributed by atoms with van der Waals surface area (Å²) in [5, 5.41) is 7.69. The highest BCUT2D eigenvalue weighted by molar-refractivity contribution is 6.31. The van der Waals surface area contributed by atoms with Crippen molar-refractivity contribution >= 4 is 17.5 Å². The van der Waals surface area contributed by atoms with Crippen LogP contribution in [0.3, 0.4) is 0 Å². The van der Waals surface area contributed by atoms with Crippen molar-refractivity contribution in [2.75, 3.05) is 0 Å². The lowest BCUT2D eigenvalue weighted by Crippen LogP contribution is -2.28. The number of nitrogens with zero attached hydrogens (tertiary/aromatic N) is 3. The smallest absolute Gasteiger partial charge is 0.224 e. The Balaban J connectivity index is 1.63. The minimum atomic E-state index is -0.0928. The average Bonchev–Trinajstić information content (AvgIpc) is 3.11. The molecule has 3 aromatic rings. The number of amides is 1. The summed E-state index contributed by atoms with van der Waals surface area (Å²) in [5.41, 5.74) is 2.77. The summed E-state index contributed by atoms with van der Waals surface area (Å²) < 4.78 is 1.68. The fourth-order valence-corrected chi connectivity index (χ4v) is 2.65. The topological polar surface area (TPSA) is 59.8 Å². The van der Waals surface area contributed by atoms with Crippen molar-refractivity contribution in [2.45, 2.75) is 19.4 Å². The normalized spacial score (nSPS) is 11.9. The molecule has 0 aliphatic carbocycles. The molecule has 5 nitrogen and oxygen atoms in total. The summed E-state index contributed by atoms with van der Waals surface area (Å²) in [4.78, 5) is 16.1. The van der Waals surface area contributed by atoms with Crippen molar-refractivity contribution in [2.24, 2.45) is 0 Å². The maximum absolute atomic E-state index is 12.2. The van der Waals surface area contributed by atoms with Gasteiger partial charge in [0, 0.05) is 5.02 Å². The zero-order valence-corrected chi connectivity index (χ0v) is 13.9. The quantitative estimate of drug-likeness (QED) is 0.775. The minimum Gasteiger partial charge on any atom is -0.349 e. The number of hydrogen-bond donors (Lipinski definition) is 1. The van der Waals surface area contributed by atoms with Crippen molar-refractivity contribution < 1.29 is 4.79 Å². The number of halogens is 1. The van der Waals surface area contributed by atoms with Crippen LogP contribution in [0.15, 0.2) is 61.2 Å². The van der Waals surface area contributed by atoms with E-state index in [2.05, 4.69) is 15.4 Å². The van der Waals surface area contributed by atoms with Gasteiger partial charge in [-0.2, -0.15) is 5.10 Å². The molecule has 0 saturated heterocycles. The third-order valence-corrected chi connectivity index (χ3v) is 4.13. The molecule has 0 radical (unpaired) electrons. The first kappa shape index (κ1) is 16.2. The molecule has 1 heterocycles. The number of hydrogen-bond acceptors (Lipinski definition) is 3. The van der Waals surface area contributed by atoms with Crippen molar-refractivity contribution in [1.29, 1.82) is 0 Å². The second-order valence-corrected chi connectivity index (χ2v) is 5.90. The summed E-state index contributed by atoms with van der Waals surface area (Å²) in [6.45, 7) is 1.95. The van der Waals surface area contributed by atoms with E-state index < -0.39 is 0 Å². The molecule has 1 amide bonds. The Bertz CT molecular complexity index is 815. The summed E-state index contributed by atoms with van der Waals surface area (Å²) in [5.74, 6) is -0.0593. The van der Waals surface area contributed by atoms with E-state index in [0.717, 1.165) is 16.8 Å². The molecule has 1 N–H and O–H groups in total. The summed E-state index contributed by atoms with van der Waals surface area (Å²) in [6, 6.07) is 15.1. The molecule has 6 heteroatoms. The highest BCUT2D eigenvalue weighted by atomic mass is 35.5. The molecule has 0 saturated carbocycles. The van der Waals surface area contributed by atoms with Crippen molar-refractivity contribution in [3.63, 3.8) is 0 Å². The molecular weight excluding hydrogens is 324 g/mol. The third-order valence-electron chi connectivity index (χ3n) is 3.76. The van der Waals surface area contributed by atoms with Gasteiger partial charge in [0.05, 0.1) is 18.2 Å². The molecule has 0 aliphatic rings. The van der Waals surface area contributed by atoms with E-state index in [9.17, 15) is 4.79 Å². The number of nitrogens with one attached hydrogen (secondary N) is 1. The van der Waals surface area contributed by atoms with Gasteiger partial charge in [0.2, 0.25) is 5.91 Å². The number of carbonyl (C=O) groups is 1. The van der Waals surface area contributed by atoms with E-state index in [4.69, 9.17) is 11.6 Å². The van der Waals surface area contributed by atoms with Crippen LogP contribution in [0.1, 0.15) is 24.1 Å². The van der Waals surface area contributed by atoms with Crippen molar-refractivity contribution in [3.05, 3.63) is 77.3 Å². The number of benzene rings is 2. The maximum Gasteiger partial charge on any atom is 0.224 e. The number of rotatable bonds is 5. The SMILES string of the molecule is C[C@@H](NC(=O)Cc1ccccc1Cl)c1ccc(-n2cncn2)cc1. The van der Waals surface area contributed by atoms with Crippen molar-refractivity contribution in [3.8, 4) is 5.69 Å². The highest BCUT2D eigenvalue weighted by Gasteiger charge is 2.11. The van der Waals surface area contributed by atoms with Crippen molar-refractivity contribution in [1.82, 2.24) is 20.1 Å². The Morgan fingerprint density at radius 1 is 1.21 bits per heavy atom. The fraction of sp³-hybridized carbons (Fsp3) is 0.167. The number of carbonyl (C=O) groups excluding carboxylic acids is 1. The molecule has 0 spiro atoms. The van der Waals surface area contributed by atoms with Crippen LogP contribution in [-0.2, 0) is 11.2 Å². The lowest BCUT2D eigenvalue weighted by molar-refractivity contribution is -0.121. The minimum absolute atomic E-state index is 0.0593. The van der Waals surface area contributed by atoms with E-state index in [1.54, 1.807) is 17.1 Å². The van der Waals surface area contributed by atoms with Crippen LogP contribution in [-0.4, -0.2) is 20.7 Å². The predicted octanol–water partition coefficient (Wildman–Crippen LogP) is 3.34. The summed E-state index contributed by atoms with van der Waals surface area (Å²) >= 11 is 6.09. The lowest BCUT2D eigenvalue weighted by Gasteiger charge is -2.15. The van der Waals surface area contributed by atoms with Crippen LogP contribution in [0, 0.1) is 0 Å². The molecular formula is C18H17ClN4O. The molecule has 0 bridgehead atoms. The van der Waals surface area contributed by atoms with E-state index >= 15 is 0 Å². The lowest BCUT2D eigenvalue weighted by atomic mass is 10.1. The average molecular weight is 341 g/mol. The van der Waals surface area contributed by atoms with Crippen LogP contribution < -0.4 is 5.32 Å². The van der Waals surface area contributed by atoms with Gasteiger partial charge in [0.25, 0.3) is 0 Å². The van der Waals surface area contributed by atoms with Gasteiger partial charge < -0.3 is 5.32 Å². The molecule has 24 heavy (non-hydrogen) atoms. The Morgan fingerprint density at radius 3 is 2.62 bits per heavy atom. The van der Waals surface area contributed by atoms with E-state index in [1.165, 1.54) is 6.33 Å². The zero-order chi connectivity index (χ0) is 16.9. The van der Waals surface area contributed by atoms with E-state index in [1.807, 2.05) is 49.4 Å². The van der Waals surface area contributed by atoms with Crippen LogP contribution in [0.2, 0.25) is 5.02 Å². The highest BCUT2D eigenvalue weighted by Crippen LogP contribution is 2.18. The van der Waals surface area contributed by atoms with Crippen LogP contribution in [0.4, 0.5) is 0 Å². The Labute approximate surface area is 145 Å². The molecule has 1 aromatic heterocycles. The second kappa shape index (κ2) is 7.27. The van der Waals surface area contributed by atoms with Gasteiger partial charge in [0.1, 0.15) is 12.7 Å². The summed E-state index contributed by atoms with van der Waals surface area (Å²) in [7, 11) is 0. The van der Waals surface area contributed by atoms with E-state index in [-0.39, 0.29) is 18.4 Å². The third kappa shape index (κ3) is 3.81. The fourth-order valence-electron chi connectivity index (χ4n) is 2.45. The monoisotopic (exact) mass is 340 g/mol. The predicted molar refractivity (Wildman–Crippen MR) is 93.1 cm³/mol. The molecule has 3 rings (SSSR count). The Morgan fingerprint density at radius 2 is 1.96 bits per heavy atom. The second-order valence-electron chi connectivity index (χ2n) is 5.49. The van der Waals surface area contributed by atoms with Crippen LogP contribution >= 0.6 is 11.6 Å². The molecule has 2 aromatic carbocycles. The van der Waals surface area contributed by atoms with Crippen LogP contribution in [0.25, 0.3) is 5.69 Å². The first-order valence-electron chi connectivity index (χ1n) is 7.61. The first-order valence-corrected chi connectivity index (χ1v) is 7.99.